The molecule has 2 N–H and O–H groups in total. The van der Waals surface area contributed by atoms with Crippen LogP contribution in [-0.4, -0.2) is 34.6 Å². The van der Waals surface area contributed by atoms with Crippen molar-refractivity contribution in [2.75, 3.05) is 24.6 Å². The van der Waals surface area contributed by atoms with Gasteiger partial charge in [-0.25, -0.2) is 4.98 Å². The number of nitriles is 2. The second-order valence-electron chi connectivity index (χ2n) is 5.37. The van der Waals surface area contributed by atoms with Gasteiger partial charge in [-0.05, 0) is 24.8 Å². The first kappa shape index (κ1) is 16.1. The molecule has 0 bridgehead atoms. The Hall–Kier alpha value is -2.25. The van der Waals surface area contributed by atoms with E-state index in [2.05, 4.69) is 11.9 Å². The normalized spacial score (nSPS) is 17.6. The van der Waals surface area contributed by atoms with Gasteiger partial charge in [0.2, 0.25) is 5.91 Å². The Kier molecular flexibility index (Phi) is 5.24. The highest BCUT2D eigenvalue weighted by atomic mass is 32.2. The smallest absolute Gasteiger partial charge is 0.232 e. The van der Waals surface area contributed by atoms with E-state index in [0.717, 1.165) is 25.9 Å². The van der Waals surface area contributed by atoms with Gasteiger partial charge in [-0.15, -0.1) is 0 Å². The number of pyridine rings is 1. The maximum absolute atomic E-state index is 12.2. The Labute approximate surface area is 133 Å². The fourth-order valence-corrected chi connectivity index (χ4v) is 3.29. The molecular weight excluding hydrogens is 298 g/mol. The van der Waals surface area contributed by atoms with E-state index in [-0.39, 0.29) is 28.6 Å². The van der Waals surface area contributed by atoms with Crippen LogP contribution in [0.5, 0.6) is 0 Å². The molecule has 0 saturated carbocycles. The highest BCUT2D eigenvalue weighted by molar-refractivity contribution is 8.00. The third-order valence-electron chi connectivity index (χ3n) is 3.60. The molecule has 1 aromatic rings. The quantitative estimate of drug-likeness (QED) is 0.852. The van der Waals surface area contributed by atoms with E-state index in [1.165, 1.54) is 17.8 Å². The van der Waals surface area contributed by atoms with Crippen LogP contribution in [0, 0.1) is 28.6 Å². The van der Waals surface area contributed by atoms with Crippen LogP contribution in [0.1, 0.15) is 30.9 Å². The second kappa shape index (κ2) is 7.15. The molecule has 0 radical (unpaired) electrons. The van der Waals surface area contributed by atoms with Crippen LogP contribution < -0.4 is 5.73 Å². The standard InChI is InChI=1S/C15H17N5OS/c1-10-3-2-4-20(8-10)13(21)9-22-15-12(7-17)5-11(6-16)14(18)19-15/h5,10H,2-4,8-9H2,1H3,(H2,18,19)/t10-/m1/s1. The molecule has 1 atom stereocenters. The van der Waals surface area contributed by atoms with Crippen molar-refractivity contribution in [3.63, 3.8) is 0 Å². The monoisotopic (exact) mass is 315 g/mol. The molecule has 0 unspecified atom stereocenters. The highest BCUT2D eigenvalue weighted by Gasteiger charge is 2.21. The molecule has 1 amide bonds. The van der Waals surface area contributed by atoms with Crippen molar-refractivity contribution in [3.8, 4) is 12.1 Å². The molecule has 1 aliphatic rings. The fourth-order valence-electron chi connectivity index (χ4n) is 2.43. The number of nitrogens with zero attached hydrogens (tertiary/aromatic N) is 4. The van der Waals surface area contributed by atoms with E-state index in [4.69, 9.17) is 16.3 Å². The molecule has 0 spiro atoms. The van der Waals surface area contributed by atoms with E-state index in [1.54, 1.807) is 0 Å². The largest absolute Gasteiger partial charge is 0.383 e. The Morgan fingerprint density at radius 2 is 2.23 bits per heavy atom. The molecule has 0 aliphatic carbocycles. The molecule has 2 rings (SSSR count). The Balaban J connectivity index is 2.05. The van der Waals surface area contributed by atoms with Gasteiger partial charge in [0, 0.05) is 13.1 Å². The lowest BCUT2D eigenvalue weighted by Crippen LogP contribution is -2.40. The van der Waals surface area contributed by atoms with Gasteiger partial charge in [-0.3, -0.25) is 4.79 Å². The summed E-state index contributed by atoms with van der Waals surface area (Å²) in [6, 6.07) is 5.30. The van der Waals surface area contributed by atoms with Crippen LogP contribution in [0.4, 0.5) is 5.82 Å². The summed E-state index contributed by atoms with van der Waals surface area (Å²) in [5, 5.41) is 18.4. The van der Waals surface area contributed by atoms with Crippen LogP contribution in [0.25, 0.3) is 0 Å². The number of nitrogens with two attached hydrogens (primary N) is 1. The van der Waals surface area contributed by atoms with Crippen LogP contribution in [0.2, 0.25) is 0 Å². The number of likely N-dealkylation sites (tertiary alicyclic amines) is 1. The minimum atomic E-state index is 0.0465. The van der Waals surface area contributed by atoms with Crippen LogP contribution in [0.15, 0.2) is 11.1 Å². The average Bonchev–Trinajstić information content (AvgIpc) is 2.52. The molecule has 22 heavy (non-hydrogen) atoms. The molecule has 114 valence electrons. The molecule has 6 nitrogen and oxygen atoms in total. The number of aromatic nitrogens is 1. The number of nitrogen functional groups attached to an aromatic ring is 1. The molecule has 0 aromatic carbocycles. The van der Waals surface area contributed by atoms with Gasteiger partial charge in [0.15, 0.2) is 0 Å². The number of anilines is 1. The summed E-state index contributed by atoms with van der Waals surface area (Å²) in [6.07, 6.45) is 2.19. The zero-order valence-electron chi connectivity index (χ0n) is 12.4. The van der Waals surface area contributed by atoms with Crippen molar-refractivity contribution < 1.29 is 4.79 Å². The van der Waals surface area contributed by atoms with Gasteiger partial charge in [-0.2, -0.15) is 10.5 Å². The number of hydrogen-bond donors (Lipinski definition) is 1. The van der Waals surface area contributed by atoms with Gasteiger partial charge in [-0.1, -0.05) is 18.7 Å². The first-order valence-electron chi connectivity index (χ1n) is 7.06. The topological polar surface area (TPSA) is 107 Å². The predicted octanol–water partition coefficient (Wildman–Crippen LogP) is 1.76. The lowest BCUT2D eigenvalue weighted by Gasteiger charge is -2.30. The lowest BCUT2D eigenvalue weighted by molar-refractivity contribution is -0.130. The summed E-state index contributed by atoms with van der Waals surface area (Å²) in [5.74, 6) is 0.883. The summed E-state index contributed by atoms with van der Waals surface area (Å²) in [5.41, 5.74) is 6.12. The van der Waals surface area contributed by atoms with Crippen LogP contribution in [0.3, 0.4) is 0 Å². The summed E-state index contributed by atoms with van der Waals surface area (Å²) >= 11 is 1.19. The van der Waals surface area contributed by atoms with Gasteiger partial charge in [0.05, 0.1) is 16.9 Å². The SMILES string of the molecule is C[C@@H]1CCCN(C(=O)CSc2nc(N)c(C#N)cc2C#N)C1. The van der Waals surface area contributed by atoms with Gasteiger partial charge >= 0.3 is 0 Å². The lowest BCUT2D eigenvalue weighted by atomic mass is 10.0. The van der Waals surface area contributed by atoms with Crippen molar-refractivity contribution in [2.45, 2.75) is 24.8 Å². The van der Waals surface area contributed by atoms with Crippen LogP contribution in [-0.2, 0) is 4.79 Å². The second-order valence-corrected chi connectivity index (χ2v) is 6.34. The van der Waals surface area contributed by atoms with E-state index < -0.39 is 0 Å². The average molecular weight is 315 g/mol. The summed E-state index contributed by atoms with van der Waals surface area (Å²) < 4.78 is 0. The number of thioether (sulfide) groups is 1. The number of piperidine rings is 1. The molecule has 1 fully saturated rings. The highest BCUT2D eigenvalue weighted by Crippen LogP contribution is 2.25. The van der Waals surface area contributed by atoms with Crippen molar-refractivity contribution in [3.05, 3.63) is 17.2 Å². The third-order valence-corrected chi connectivity index (χ3v) is 4.58. The van der Waals surface area contributed by atoms with Crippen molar-refractivity contribution in [2.24, 2.45) is 5.92 Å². The summed E-state index contributed by atoms with van der Waals surface area (Å²) in [7, 11) is 0. The van der Waals surface area contributed by atoms with Crippen molar-refractivity contribution in [1.82, 2.24) is 9.88 Å². The van der Waals surface area contributed by atoms with Crippen molar-refractivity contribution in [1.29, 1.82) is 10.5 Å². The molecule has 7 heteroatoms. The van der Waals surface area contributed by atoms with Gasteiger partial charge < -0.3 is 10.6 Å². The zero-order chi connectivity index (χ0) is 16.1. The summed E-state index contributed by atoms with van der Waals surface area (Å²) in [6.45, 7) is 3.72. The minimum Gasteiger partial charge on any atom is -0.383 e. The van der Waals surface area contributed by atoms with Gasteiger partial charge in [0.25, 0.3) is 0 Å². The summed E-state index contributed by atoms with van der Waals surface area (Å²) in [4.78, 5) is 18.2. The number of carbonyl (C=O) groups excluding carboxylic acids is 1. The number of hydrogen-bond acceptors (Lipinski definition) is 6. The minimum absolute atomic E-state index is 0.0465. The number of rotatable bonds is 3. The van der Waals surface area contributed by atoms with E-state index in [1.807, 2.05) is 17.0 Å². The fraction of sp³-hybridized carbons (Fsp3) is 0.467. The molecule has 2 heterocycles. The zero-order valence-corrected chi connectivity index (χ0v) is 13.2. The van der Waals surface area contributed by atoms with E-state index in [0.29, 0.717) is 10.9 Å². The molecular formula is C15H17N5OS. The van der Waals surface area contributed by atoms with Gasteiger partial charge in [0.1, 0.15) is 23.0 Å². The first-order valence-corrected chi connectivity index (χ1v) is 8.05. The molecule has 1 aromatic heterocycles. The Morgan fingerprint density at radius 1 is 1.50 bits per heavy atom. The van der Waals surface area contributed by atoms with E-state index in [9.17, 15) is 4.79 Å². The van der Waals surface area contributed by atoms with Crippen molar-refractivity contribution >= 4 is 23.5 Å². The Morgan fingerprint density at radius 3 is 2.86 bits per heavy atom. The third kappa shape index (κ3) is 3.69. The van der Waals surface area contributed by atoms with Crippen LogP contribution >= 0.6 is 11.8 Å². The number of carbonyl (C=O) groups is 1. The number of amides is 1. The molecule has 1 saturated heterocycles. The predicted molar refractivity (Wildman–Crippen MR) is 83.8 cm³/mol. The first-order chi connectivity index (χ1) is 10.5. The van der Waals surface area contributed by atoms with E-state index >= 15 is 0 Å². The Bertz CT molecular complexity index is 661. The maximum atomic E-state index is 12.2. The molecule has 1 aliphatic heterocycles. The maximum Gasteiger partial charge on any atom is 0.232 e.